The number of rotatable bonds is 5. The number of hydrogen-bond donors (Lipinski definition) is 1. The highest BCUT2D eigenvalue weighted by atomic mass is 32.1. The number of thiophene rings is 1. The van der Waals surface area contributed by atoms with Crippen molar-refractivity contribution in [3.63, 3.8) is 0 Å². The third-order valence-corrected chi connectivity index (χ3v) is 17.2. The summed E-state index contributed by atoms with van der Waals surface area (Å²) in [7, 11) is 0. The molecule has 14 aromatic rings. The molecule has 2 aromatic heterocycles. The first-order valence-electron chi connectivity index (χ1n) is 25.7. The lowest BCUT2D eigenvalue weighted by Gasteiger charge is -2.35. The monoisotopic (exact) mass is 951 g/mol. The molecule has 3 atom stereocenters. The highest BCUT2D eigenvalue weighted by Gasteiger charge is 2.34. The number of aromatic nitrogens is 1. The number of benzene rings is 12. The predicted molar refractivity (Wildman–Crippen MR) is 313 cm³/mol. The normalized spacial score (nSPS) is 16.6. The summed E-state index contributed by atoms with van der Waals surface area (Å²) in [6.45, 7) is 2.48. The molecule has 0 aliphatic carbocycles. The number of fused-ring (bicyclic) bond motifs is 13. The van der Waals surface area contributed by atoms with E-state index in [1.807, 2.05) is 11.3 Å². The second-order valence-corrected chi connectivity index (χ2v) is 21.2. The van der Waals surface area contributed by atoms with Crippen LogP contribution in [0.1, 0.15) is 48.7 Å². The zero-order valence-corrected chi connectivity index (χ0v) is 41.2. The van der Waals surface area contributed by atoms with Crippen LogP contribution in [0.5, 0.6) is 0 Å². The van der Waals surface area contributed by atoms with E-state index in [1.54, 1.807) is 0 Å². The summed E-state index contributed by atoms with van der Waals surface area (Å²) in [5.74, 6) is 0.197. The minimum absolute atomic E-state index is 0.114. The van der Waals surface area contributed by atoms with Crippen molar-refractivity contribution in [2.75, 3.05) is 0 Å². The largest absolute Gasteiger partial charge is 0.308 e. The Kier molecular flexibility index (Phi) is 9.76. The second-order valence-electron chi connectivity index (χ2n) is 20.2. The smallest absolute Gasteiger partial charge is 0.127 e. The first-order valence-corrected chi connectivity index (χ1v) is 26.5. The molecule has 1 aliphatic heterocycles. The maximum Gasteiger partial charge on any atom is 0.127 e. The van der Waals surface area contributed by atoms with Crippen molar-refractivity contribution in [1.29, 1.82) is 0 Å². The first-order chi connectivity index (χ1) is 36.1. The molecule has 0 fully saturated rings. The SMILES string of the molecule is CC1CCC(c2ccc(-c3ccccc3)cc2)=NC(c2cc3ccccc3c3ccccc23)NC1c1c(-n2c3cc4ccccc4cc3c3cc4ccccc4cc32)c2c3ccccc3sc2c2ccccc12. The highest BCUT2D eigenvalue weighted by molar-refractivity contribution is 7.26. The van der Waals surface area contributed by atoms with Crippen LogP contribution in [0.2, 0.25) is 0 Å². The van der Waals surface area contributed by atoms with Gasteiger partial charge < -0.3 is 4.57 Å². The van der Waals surface area contributed by atoms with Gasteiger partial charge in [0.25, 0.3) is 0 Å². The average Bonchev–Trinajstić information content (AvgIpc) is 3.98. The van der Waals surface area contributed by atoms with E-state index in [0.29, 0.717) is 0 Å². The lowest BCUT2D eigenvalue weighted by atomic mass is 9.83. The minimum Gasteiger partial charge on any atom is -0.308 e. The molecule has 4 heteroatoms. The lowest BCUT2D eigenvalue weighted by molar-refractivity contribution is 0.331. The summed E-state index contributed by atoms with van der Waals surface area (Å²) in [4.78, 5) is 5.99. The summed E-state index contributed by atoms with van der Waals surface area (Å²) in [5.41, 5.74) is 10.9. The Balaban J connectivity index is 1.05. The average molecular weight is 952 g/mol. The molecule has 0 radical (unpaired) electrons. The van der Waals surface area contributed by atoms with Crippen molar-refractivity contribution >= 4 is 113 Å². The fourth-order valence-corrected chi connectivity index (χ4v) is 13.7. The van der Waals surface area contributed by atoms with E-state index in [-0.39, 0.29) is 18.1 Å². The molecule has 0 bridgehead atoms. The van der Waals surface area contributed by atoms with E-state index in [0.717, 1.165) is 18.6 Å². The van der Waals surface area contributed by atoms with Crippen molar-refractivity contribution in [1.82, 2.24) is 9.88 Å². The Labute approximate surface area is 427 Å². The van der Waals surface area contributed by atoms with Gasteiger partial charge >= 0.3 is 0 Å². The van der Waals surface area contributed by atoms with Crippen molar-refractivity contribution < 1.29 is 0 Å². The number of aliphatic imine (C=N–C) groups is 1. The Bertz CT molecular complexity index is 4470. The Morgan fingerprint density at radius 2 is 0.973 bits per heavy atom. The minimum atomic E-state index is -0.376. The summed E-state index contributed by atoms with van der Waals surface area (Å²) >= 11 is 1.92. The Hall–Kier alpha value is -8.41. The van der Waals surface area contributed by atoms with Gasteiger partial charge in [-0.2, -0.15) is 0 Å². The number of nitrogens with one attached hydrogen (secondary N) is 1. The van der Waals surface area contributed by atoms with E-state index in [1.165, 1.54) is 129 Å². The topological polar surface area (TPSA) is 29.3 Å². The van der Waals surface area contributed by atoms with Crippen molar-refractivity contribution in [3.8, 4) is 16.8 Å². The molecule has 1 aliphatic rings. The fourth-order valence-electron chi connectivity index (χ4n) is 12.5. The van der Waals surface area contributed by atoms with E-state index in [4.69, 9.17) is 4.99 Å². The van der Waals surface area contributed by atoms with Crippen LogP contribution >= 0.6 is 11.3 Å². The first kappa shape index (κ1) is 42.3. The van der Waals surface area contributed by atoms with Crippen LogP contribution in [-0.4, -0.2) is 10.3 Å². The molecule has 0 spiro atoms. The van der Waals surface area contributed by atoms with Crippen LogP contribution in [0.4, 0.5) is 0 Å². The molecule has 0 saturated heterocycles. The zero-order valence-electron chi connectivity index (χ0n) is 40.4. The zero-order chi connectivity index (χ0) is 48.1. The molecule has 0 amide bonds. The Morgan fingerprint density at radius 3 is 1.66 bits per heavy atom. The van der Waals surface area contributed by atoms with Gasteiger partial charge in [-0.05, 0) is 126 Å². The fraction of sp³-hybridized carbons (Fsp3) is 0.0870. The van der Waals surface area contributed by atoms with Gasteiger partial charge in [0.2, 0.25) is 0 Å². The van der Waals surface area contributed by atoms with Crippen LogP contribution in [0.25, 0.3) is 113 Å². The van der Waals surface area contributed by atoms with Gasteiger partial charge in [0, 0.05) is 53.6 Å². The molecule has 15 rings (SSSR count). The number of hydrogen-bond acceptors (Lipinski definition) is 3. The van der Waals surface area contributed by atoms with E-state index < -0.39 is 0 Å². The summed E-state index contributed by atoms with van der Waals surface area (Å²) in [5, 5.41) is 22.1. The maximum absolute atomic E-state index is 5.99. The molecular formula is C69H49N3S. The molecule has 3 unspecified atom stereocenters. The number of nitrogens with zero attached hydrogens (tertiary/aromatic N) is 2. The van der Waals surface area contributed by atoms with Crippen LogP contribution in [-0.2, 0) is 0 Å². The van der Waals surface area contributed by atoms with Crippen molar-refractivity contribution in [2.45, 2.75) is 32.0 Å². The Morgan fingerprint density at radius 1 is 0.452 bits per heavy atom. The van der Waals surface area contributed by atoms with E-state index in [2.05, 4.69) is 247 Å². The quantitative estimate of drug-likeness (QED) is 0.171. The van der Waals surface area contributed by atoms with Gasteiger partial charge in [0.15, 0.2) is 0 Å². The van der Waals surface area contributed by atoms with Crippen LogP contribution < -0.4 is 5.32 Å². The molecule has 73 heavy (non-hydrogen) atoms. The molecule has 0 saturated carbocycles. The molecule has 3 nitrogen and oxygen atoms in total. The molecule has 1 N–H and O–H groups in total. The van der Waals surface area contributed by atoms with Gasteiger partial charge in [-0.1, -0.05) is 201 Å². The molecular weight excluding hydrogens is 903 g/mol. The highest BCUT2D eigenvalue weighted by Crippen LogP contribution is 2.51. The van der Waals surface area contributed by atoms with Crippen molar-refractivity contribution in [2.24, 2.45) is 10.9 Å². The van der Waals surface area contributed by atoms with Gasteiger partial charge in [-0.15, -0.1) is 11.3 Å². The molecule has 3 heterocycles. The molecule has 12 aromatic carbocycles. The van der Waals surface area contributed by atoms with E-state index in [9.17, 15) is 0 Å². The van der Waals surface area contributed by atoms with Crippen molar-refractivity contribution in [3.05, 3.63) is 247 Å². The van der Waals surface area contributed by atoms with Crippen LogP contribution in [0, 0.1) is 5.92 Å². The van der Waals surface area contributed by atoms with Gasteiger partial charge in [-0.25, -0.2) is 0 Å². The van der Waals surface area contributed by atoms with Crippen LogP contribution in [0.3, 0.4) is 0 Å². The lowest BCUT2D eigenvalue weighted by Crippen LogP contribution is -2.34. The van der Waals surface area contributed by atoms with Gasteiger partial charge in [0.1, 0.15) is 6.17 Å². The summed E-state index contributed by atoms with van der Waals surface area (Å²) in [6, 6.07) is 85.7. The summed E-state index contributed by atoms with van der Waals surface area (Å²) in [6.07, 6.45) is 1.41. The standard InChI is InChI=1S/C69H49N3S/c1-42-31-36-60(45-34-32-44(33-35-45)43-17-3-2-4-18-43)70-69(59-39-50-23-9-10-24-51(50)52-25-11-12-26-53(52)59)71-66(42)64-54-27-13-14-28-55(54)68-65(56-29-15-16-30-63(56)73-68)67(64)72-61-40-48-21-7-5-19-46(48)37-57(61)58-38-47-20-6-8-22-49(47)41-62(58)72/h2-30,32-35,37-42,66,69,71H,31,36H2,1H3. The summed E-state index contributed by atoms with van der Waals surface area (Å²) < 4.78 is 5.29. The van der Waals surface area contributed by atoms with Gasteiger partial charge in [-0.3, -0.25) is 10.3 Å². The second kappa shape index (κ2) is 16.9. The maximum atomic E-state index is 5.99. The third kappa shape index (κ3) is 6.78. The third-order valence-electron chi connectivity index (χ3n) is 16.0. The van der Waals surface area contributed by atoms with Gasteiger partial charge in [0.05, 0.1) is 16.7 Å². The van der Waals surface area contributed by atoms with E-state index >= 15 is 0 Å². The van der Waals surface area contributed by atoms with Crippen LogP contribution in [0.15, 0.2) is 236 Å². The predicted octanol–water partition coefficient (Wildman–Crippen LogP) is 18.8. The molecule has 346 valence electrons.